The fraction of sp³-hybridized carbons (Fsp3) is 0.120. The molecule has 7 nitrogen and oxygen atoms in total. The van der Waals surface area contributed by atoms with Gasteiger partial charge in [-0.25, -0.2) is 17.5 Å². The Morgan fingerprint density at radius 1 is 0.971 bits per heavy atom. The largest absolute Gasteiger partial charge is 0.348 e. The summed E-state index contributed by atoms with van der Waals surface area (Å²) >= 11 is 0. The van der Waals surface area contributed by atoms with Crippen LogP contribution in [0, 0.1) is 19.7 Å². The molecule has 0 aliphatic carbocycles. The van der Waals surface area contributed by atoms with Crippen molar-refractivity contribution < 1.29 is 17.6 Å². The number of amides is 1. The maximum absolute atomic E-state index is 13.9. The maximum Gasteiger partial charge on any atom is 0.262 e. The van der Waals surface area contributed by atoms with Crippen molar-refractivity contribution >= 4 is 21.6 Å². The number of carbonyl (C=O) groups excluding carboxylic acids is 1. The molecular weight excluding hydrogens is 455 g/mol. The molecule has 0 bridgehead atoms. The van der Waals surface area contributed by atoms with E-state index < -0.39 is 21.7 Å². The second-order valence-corrected chi connectivity index (χ2v) is 9.37. The van der Waals surface area contributed by atoms with Crippen LogP contribution in [0.2, 0.25) is 0 Å². The Kier molecular flexibility index (Phi) is 6.47. The predicted octanol–water partition coefficient (Wildman–Crippen LogP) is 4.36. The monoisotopic (exact) mass is 478 g/mol. The summed E-state index contributed by atoms with van der Waals surface area (Å²) in [6, 6.07) is 20.7. The molecule has 0 aliphatic rings. The van der Waals surface area contributed by atoms with Crippen LogP contribution in [0.1, 0.15) is 27.3 Å². The molecule has 0 aliphatic heterocycles. The molecule has 0 radical (unpaired) electrons. The molecule has 1 heterocycles. The third-order valence-electron chi connectivity index (χ3n) is 5.39. The van der Waals surface area contributed by atoms with Crippen molar-refractivity contribution in [2.45, 2.75) is 25.3 Å². The van der Waals surface area contributed by atoms with E-state index in [1.54, 1.807) is 0 Å². The van der Waals surface area contributed by atoms with Gasteiger partial charge in [-0.1, -0.05) is 36.4 Å². The standard InChI is InChI=1S/C25H23FN4O3S/c1-17-22(18(2)30(28-17)20-10-4-3-5-11-20)16-27-25(31)19-9-8-12-21(15-19)34(32,33)29-24-14-7-6-13-23(24)26/h3-15,29H,16H2,1-2H3,(H,27,31). The van der Waals surface area contributed by atoms with Crippen molar-refractivity contribution in [3.05, 3.63) is 107 Å². The van der Waals surface area contributed by atoms with Gasteiger partial charge in [0.15, 0.2) is 0 Å². The average Bonchev–Trinajstić information content (AvgIpc) is 3.12. The van der Waals surface area contributed by atoms with Crippen LogP contribution in [0.3, 0.4) is 0 Å². The summed E-state index contributed by atoms with van der Waals surface area (Å²) in [6.45, 7) is 4.03. The number of para-hydroxylation sites is 2. The molecule has 0 saturated carbocycles. The van der Waals surface area contributed by atoms with Crippen molar-refractivity contribution in [3.8, 4) is 5.69 Å². The summed E-state index contributed by atoms with van der Waals surface area (Å²) in [7, 11) is -4.08. The molecule has 0 fully saturated rings. The second kappa shape index (κ2) is 9.48. The fourth-order valence-corrected chi connectivity index (χ4v) is 4.69. The smallest absolute Gasteiger partial charge is 0.262 e. The number of rotatable bonds is 7. The third kappa shape index (κ3) is 4.84. The lowest BCUT2D eigenvalue weighted by molar-refractivity contribution is 0.0950. The van der Waals surface area contributed by atoms with Gasteiger partial charge in [-0.05, 0) is 56.3 Å². The highest BCUT2D eigenvalue weighted by atomic mass is 32.2. The van der Waals surface area contributed by atoms with Crippen LogP contribution in [0.15, 0.2) is 83.8 Å². The van der Waals surface area contributed by atoms with E-state index in [1.165, 1.54) is 42.5 Å². The number of aromatic nitrogens is 2. The molecule has 0 spiro atoms. The van der Waals surface area contributed by atoms with Crippen molar-refractivity contribution in [1.82, 2.24) is 15.1 Å². The lowest BCUT2D eigenvalue weighted by Gasteiger charge is -2.11. The molecule has 3 aromatic carbocycles. The van der Waals surface area contributed by atoms with E-state index in [0.29, 0.717) is 0 Å². The molecule has 174 valence electrons. The number of nitrogens with one attached hydrogen (secondary N) is 2. The van der Waals surface area contributed by atoms with E-state index in [9.17, 15) is 17.6 Å². The first kappa shape index (κ1) is 23.2. The molecule has 34 heavy (non-hydrogen) atoms. The maximum atomic E-state index is 13.9. The van der Waals surface area contributed by atoms with Gasteiger partial charge in [0, 0.05) is 23.4 Å². The molecule has 0 atom stereocenters. The van der Waals surface area contributed by atoms with Crippen LogP contribution in [0.4, 0.5) is 10.1 Å². The molecule has 1 amide bonds. The first-order chi connectivity index (χ1) is 16.3. The number of aryl methyl sites for hydroxylation is 1. The van der Waals surface area contributed by atoms with E-state index in [0.717, 1.165) is 28.7 Å². The van der Waals surface area contributed by atoms with Gasteiger partial charge in [0.1, 0.15) is 5.82 Å². The third-order valence-corrected chi connectivity index (χ3v) is 6.76. The molecule has 0 saturated heterocycles. The van der Waals surface area contributed by atoms with Crippen LogP contribution in [0.25, 0.3) is 5.69 Å². The number of hydrogen-bond donors (Lipinski definition) is 2. The molecule has 4 rings (SSSR count). The number of anilines is 1. The van der Waals surface area contributed by atoms with Crippen LogP contribution >= 0.6 is 0 Å². The normalized spacial score (nSPS) is 11.3. The summed E-state index contributed by atoms with van der Waals surface area (Å²) in [6.07, 6.45) is 0. The number of hydrogen-bond acceptors (Lipinski definition) is 4. The Labute approximate surface area is 197 Å². The van der Waals surface area contributed by atoms with Gasteiger partial charge in [0.2, 0.25) is 0 Å². The van der Waals surface area contributed by atoms with Gasteiger partial charge in [0.05, 0.1) is 22.0 Å². The minimum atomic E-state index is -4.08. The van der Waals surface area contributed by atoms with E-state index in [4.69, 9.17) is 0 Å². The highest BCUT2D eigenvalue weighted by molar-refractivity contribution is 7.92. The SMILES string of the molecule is Cc1nn(-c2ccccc2)c(C)c1CNC(=O)c1cccc(S(=O)(=O)Nc2ccccc2F)c1. The van der Waals surface area contributed by atoms with Crippen molar-refractivity contribution in [2.75, 3.05) is 4.72 Å². The zero-order chi connectivity index (χ0) is 24.3. The molecule has 2 N–H and O–H groups in total. The number of benzene rings is 3. The van der Waals surface area contributed by atoms with Gasteiger partial charge in [-0.3, -0.25) is 9.52 Å². The number of carbonyl (C=O) groups is 1. The molecule has 1 aromatic heterocycles. The molecule has 4 aromatic rings. The number of halogens is 1. The van der Waals surface area contributed by atoms with Crippen LogP contribution in [-0.2, 0) is 16.6 Å². The number of sulfonamides is 1. The minimum absolute atomic E-state index is 0.146. The van der Waals surface area contributed by atoms with Gasteiger partial charge < -0.3 is 5.32 Å². The number of nitrogens with zero attached hydrogens (tertiary/aromatic N) is 2. The highest BCUT2D eigenvalue weighted by Gasteiger charge is 2.19. The van der Waals surface area contributed by atoms with Crippen molar-refractivity contribution in [1.29, 1.82) is 0 Å². The van der Waals surface area contributed by atoms with E-state index in [1.807, 2.05) is 48.9 Å². The fourth-order valence-electron chi connectivity index (χ4n) is 3.57. The van der Waals surface area contributed by atoms with Crippen LogP contribution < -0.4 is 10.0 Å². The Hall–Kier alpha value is -3.98. The lowest BCUT2D eigenvalue weighted by Crippen LogP contribution is -2.24. The zero-order valence-corrected chi connectivity index (χ0v) is 19.4. The summed E-state index contributed by atoms with van der Waals surface area (Å²) in [5, 5.41) is 7.40. The zero-order valence-electron chi connectivity index (χ0n) is 18.6. The molecule has 0 unspecified atom stereocenters. The second-order valence-electron chi connectivity index (χ2n) is 7.69. The summed E-state index contributed by atoms with van der Waals surface area (Å²) in [5.41, 5.74) is 3.48. The Bertz CT molecular complexity index is 1450. The van der Waals surface area contributed by atoms with Crippen LogP contribution in [0.5, 0.6) is 0 Å². The Balaban J connectivity index is 1.50. The Morgan fingerprint density at radius 2 is 1.68 bits per heavy atom. The predicted molar refractivity (Wildman–Crippen MR) is 128 cm³/mol. The van der Waals surface area contributed by atoms with Gasteiger partial charge in [-0.2, -0.15) is 5.10 Å². The van der Waals surface area contributed by atoms with Crippen molar-refractivity contribution in [3.63, 3.8) is 0 Å². The van der Waals surface area contributed by atoms with E-state index >= 15 is 0 Å². The quantitative estimate of drug-likeness (QED) is 0.413. The topological polar surface area (TPSA) is 93.1 Å². The van der Waals surface area contributed by atoms with E-state index in [-0.39, 0.29) is 22.7 Å². The highest BCUT2D eigenvalue weighted by Crippen LogP contribution is 2.21. The minimum Gasteiger partial charge on any atom is -0.348 e. The summed E-state index contributed by atoms with van der Waals surface area (Å²) in [4.78, 5) is 12.6. The Morgan fingerprint density at radius 3 is 2.41 bits per heavy atom. The van der Waals surface area contributed by atoms with Crippen molar-refractivity contribution in [2.24, 2.45) is 0 Å². The summed E-state index contributed by atoms with van der Waals surface area (Å²) < 4.78 is 43.3. The van der Waals surface area contributed by atoms with Crippen LogP contribution in [-0.4, -0.2) is 24.1 Å². The first-order valence-corrected chi connectivity index (χ1v) is 12.0. The van der Waals surface area contributed by atoms with E-state index in [2.05, 4.69) is 15.1 Å². The molecular formula is C25H23FN4O3S. The summed E-state index contributed by atoms with van der Waals surface area (Å²) in [5.74, 6) is -1.13. The average molecular weight is 479 g/mol. The first-order valence-electron chi connectivity index (χ1n) is 10.5. The van der Waals surface area contributed by atoms with Gasteiger partial charge in [0.25, 0.3) is 15.9 Å². The van der Waals surface area contributed by atoms with Gasteiger partial charge >= 0.3 is 0 Å². The molecule has 9 heteroatoms. The lowest BCUT2D eigenvalue weighted by atomic mass is 10.1. The van der Waals surface area contributed by atoms with Gasteiger partial charge in [-0.15, -0.1) is 0 Å².